The molecule has 136 valence electrons. The van der Waals surface area contributed by atoms with Gasteiger partial charge in [0.15, 0.2) is 0 Å². The lowest BCUT2D eigenvalue weighted by Gasteiger charge is -2.23. The standard InChI is InChI=1S/C17H18N4O4S/c18-26(23,24)13-3-1-11(2-4-13)16-15-14(5-8-19-17(15)22)21(20-16)12-6-9-25-10-7-12/h1-5,8,12H,6-7,9-10H2,(H,19,22)(H2,18,23,24). The molecule has 9 heteroatoms. The van der Waals surface area contributed by atoms with E-state index >= 15 is 0 Å². The molecule has 3 N–H and O–H groups in total. The Balaban J connectivity index is 1.88. The van der Waals surface area contributed by atoms with Crippen molar-refractivity contribution < 1.29 is 13.2 Å². The van der Waals surface area contributed by atoms with Crippen LogP contribution >= 0.6 is 0 Å². The molecule has 1 aromatic carbocycles. The van der Waals surface area contributed by atoms with Crippen molar-refractivity contribution in [3.8, 4) is 11.3 Å². The number of aromatic amines is 1. The first-order chi connectivity index (χ1) is 12.4. The summed E-state index contributed by atoms with van der Waals surface area (Å²) >= 11 is 0. The van der Waals surface area contributed by atoms with Crippen molar-refractivity contribution >= 4 is 20.9 Å². The minimum atomic E-state index is -3.77. The predicted molar refractivity (Wildman–Crippen MR) is 96.3 cm³/mol. The van der Waals surface area contributed by atoms with Crippen LogP contribution in [-0.4, -0.2) is 36.4 Å². The third-order valence-corrected chi connectivity index (χ3v) is 5.55. The molecule has 0 unspecified atom stereocenters. The maximum absolute atomic E-state index is 12.4. The Morgan fingerprint density at radius 2 is 1.85 bits per heavy atom. The van der Waals surface area contributed by atoms with Crippen molar-refractivity contribution in [2.45, 2.75) is 23.8 Å². The molecule has 0 amide bonds. The van der Waals surface area contributed by atoms with Gasteiger partial charge in [0.1, 0.15) is 5.69 Å². The number of ether oxygens (including phenoxy) is 1. The van der Waals surface area contributed by atoms with Gasteiger partial charge < -0.3 is 9.72 Å². The Hall–Kier alpha value is -2.49. The molecule has 1 fully saturated rings. The monoisotopic (exact) mass is 374 g/mol. The van der Waals surface area contributed by atoms with Crippen LogP contribution in [0.25, 0.3) is 22.2 Å². The van der Waals surface area contributed by atoms with Gasteiger partial charge in [0, 0.05) is 25.0 Å². The number of fused-ring (bicyclic) bond motifs is 1. The van der Waals surface area contributed by atoms with E-state index in [2.05, 4.69) is 4.98 Å². The molecule has 3 heterocycles. The van der Waals surface area contributed by atoms with Crippen molar-refractivity contribution in [2.75, 3.05) is 13.2 Å². The van der Waals surface area contributed by atoms with Gasteiger partial charge in [-0.1, -0.05) is 12.1 Å². The van der Waals surface area contributed by atoms with E-state index in [0.29, 0.717) is 29.9 Å². The van der Waals surface area contributed by atoms with Crippen LogP contribution in [0.1, 0.15) is 18.9 Å². The molecule has 3 aromatic rings. The van der Waals surface area contributed by atoms with Crippen LogP contribution in [0.2, 0.25) is 0 Å². The molecule has 1 aliphatic rings. The van der Waals surface area contributed by atoms with Gasteiger partial charge in [0.2, 0.25) is 10.0 Å². The number of rotatable bonds is 3. The number of pyridine rings is 1. The molecule has 4 rings (SSSR count). The highest BCUT2D eigenvalue weighted by Gasteiger charge is 2.23. The van der Waals surface area contributed by atoms with Gasteiger partial charge in [-0.3, -0.25) is 9.48 Å². The summed E-state index contributed by atoms with van der Waals surface area (Å²) in [7, 11) is -3.77. The summed E-state index contributed by atoms with van der Waals surface area (Å²) < 4.78 is 30.2. The van der Waals surface area contributed by atoms with Gasteiger partial charge in [-0.05, 0) is 31.0 Å². The number of H-pyrrole nitrogens is 1. The van der Waals surface area contributed by atoms with Crippen molar-refractivity contribution in [3.63, 3.8) is 0 Å². The van der Waals surface area contributed by atoms with E-state index in [1.54, 1.807) is 18.3 Å². The maximum Gasteiger partial charge on any atom is 0.259 e. The fourth-order valence-corrected chi connectivity index (χ4v) is 3.83. The molecule has 0 radical (unpaired) electrons. The molecule has 0 aliphatic carbocycles. The molecule has 2 aromatic heterocycles. The number of nitrogens with two attached hydrogens (primary N) is 1. The van der Waals surface area contributed by atoms with Crippen LogP contribution in [0.3, 0.4) is 0 Å². The Kier molecular flexibility index (Phi) is 4.14. The van der Waals surface area contributed by atoms with Crippen LogP contribution < -0.4 is 10.7 Å². The highest BCUT2D eigenvalue weighted by Crippen LogP contribution is 2.30. The van der Waals surface area contributed by atoms with Gasteiger partial charge in [0.05, 0.1) is 21.8 Å². The van der Waals surface area contributed by atoms with Crippen LogP contribution in [0.15, 0.2) is 46.2 Å². The summed E-state index contributed by atoms with van der Waals surface area (Å²) in [5, 5.41) is 10.3. The second-order valence-corrected chi connectivity index (χ2v) is 7.83. The molecule has 0 spiro atoms. The van der Waals surface area contributed by atoms with Crippen LogP contribution in [0.5, 0.6) is 0 Å². The highest BCUT2D eigenvalue weighted by atomic mass is 32.2. The molecule has 0 atom stereocenters. The van der Waals surface area contributed by atoms with E-state index in [-0.39, 0.29) is 16.5 Å². The lowest BCUT2D eigenvalue weighted by molar-refractivity contribution is 0.0675. The van der Waals surface area contributed by atoms with Crippen molar-refractivity contribution in [1.29, 1.82) is 0 Å². The number of hydrogen-bond donors (Lipinski definition) is 2. The van der Waals surface area contributed by atoms with E-state index < -0.39 is 10.0 Å². The smallest absolute Gasteiger partial charge is 0.259 e. The zero-order valence-corrected chi connectivity index (χ0v) is 14.7. The first-order valence-electron chi connectivity index (χ1n) is 8.26. The zero-order valence-electron chi connectivity index (χ0n) is 13.9. The molecule has 26 heavy (non-hydrogen) atoms. The average Bonchev–Trinajstić information content (AvgIpc) is 3.03. The number of aromatic nitrogens is 3. The first kappa shape index (κ1) is 17.0. The van der Waals surface area contributed by atoms with Gasteiger partial charge >= 0.3 is 0 Å². The predicted octanol–water partition coefficient (Wildman–Crippen LogP) is 1.39. The average molecular weight is 374 g/mol. The summed E-state index contributed by atoms with van der Waals surface area (Å²) in [6.45, 7) is 1.32. The summed E-state index contributed by atoms with van der Waals surface area (Å²) in [6.07, 6.45) is 3.26. The fraction of sp³-hybridized carbons (Fsp3) is 0.294. The molecule has 0 saturated carbocycles. The van der Waals surface area contributed by atoms with Crippen molar-refractivity contribution in [2.24, 2.45) is 5.14 Å². The van der Waals surface area contributed by atoms with Gasteiger partial charge in [-0.15, -0.1) is 0 Å². The zero-order chi connectivity index (χ0) is 18.3. The van der Waals surface area contributed by atoms with Crippen LogP contribution in [0.4, 0.5) is 0 Å². The van der Waals surface area contributed by atoms with Crippen molar-refractivity contribution in [3.05, 3.63) is 46.9 Å². The number of nitrogens with one attached hydrogen (secondary N) is 1. The molecular formula is C17H18N4O4S. The third kappa shape index (κ3) is 2.94. The van der Waals surface area contributed by atoms with Gasteiger partial charge in [-0.25, -0.2) is 13.6 Å². The van der Waals surface area contributed by atoms with E-state index in [0.717, 1.165) is 18.4 Å². The largest absolute Gasteiger partial charge is 0.381 e. The van der Waals surface area contributed by atoms with Crippen molar-refractivity contribution in [1.82, 2.24) is 14.8 Å². The number of primary sulfonamides is 1. The number of benzene rings is 1. The Morgan fingerprint density at radius 1 is 1.15 bits per heavy atom. The normalized spacial score (nSPS) is 16.2. The van der Waals surface area contributed by atoms with E-state index in [9.17, 15) is 13.2 Å². The topological polar surface area (TPSA) is 120 Å². The highest BCUT2D eigenvalue weighted by molar-refractivity contribution is 7.89. The lowest BCUT2D eigenvalue weighted by Crippen LogP contribution is -2.20. The summed E-state index contributed by atoms with van der Waals surface area (Å²) in [4.78, 5) is 15.1. The Labute approximate surface area is 149 Å². The first-order valence-corrected chi connectivity index (χ1v) is 9.80. The minimum absolute atomic E-state index is 0.0170. The second kappa shape index (κ2) is 6.35. The quantitative estimate of drug-likeness (QED) is 0.718. The lowest BCUT2D eigenvalue weighted by atomic mass is 10.1. The summed E-state index contributed by atoms with van der Waals surface area (Å²) in [5.41, 5.74) is 1.71. The van der Waals surface area contributed by atoms with Crippen LogP contribution in [0, 0.1) is 0 Å². The number of sulfonamides is 1. The molecule has 1 aliphatic heterocycles. The summed E-state index contributed by atoms with van der Waals surface area (Å²) in [6, 6.07) is 8.05. The maximum atomic E-state index is 12.4. The van der Waals surface area contributed by atoms with E-state index in [1.807, 2.05) is 10.7 Å². The summed E-state index contributed by atoms with van der Waals surface area (Å²) in [5.74, 6) is 0. The molecule has 1 saturated heterocycles. The fourth-order valence-electron chi connectivity index (χ4n) is 3.31. The molecule has 0 bridgehead atoms. The van der Waals surface area contributed by atoms with Gasteiger partial charge in [0.25, 0.3) is 5.56 Å². The SMILES string of the molecule is NS(=O)(=O)c1ccc(-c2nn(C3CCOCC3)c3cc[nH]c(=O)c23)cc1. The van der Waals surface area contributed by atoms with Gasteiger partial charge in [-0.2, -0.15) is 5.10 Å². The number of hydrogen-bond acceptors (Lipinski definition) is 5. The molecule has 8 nitrogen and oxygen atoms in total. The number of nitrogens with zero attached hydrogens (tertiary/aromatic N) is 2. The van der Waals surface area contributed by atoms with E-state index in [4.69, 9.17) is 15.0 Å². The molecular weight excluding hydrogens is 356 g/mol. The van der Waals surface area contributed by atoms with E-state index in [1.165, 1.54) is 12.1 Å². The minimum Gasteiger partial charge on any atom is -0.381 e. The second-order valence-electron chi connectivity index (χ2n) is 6.27. The Bertz CT molecular complexity index is 1110. The Morgan fingerprint density at radius 3 is 2.50 bits per heavy atom. The third-order valence-electron chi connectivity index (χ3n) is 4.62. The van der Waals surface area contributed by atoms with Crippen LogP contribution in [-0.2, 0) is 14.8 Å².